The molecule has 70 valence electrons. The van der Waals surface area contributed by atoms with Crippen molar-refractivity contribution in [2.75, 3.05) is 20.6 Å². The number of hydrogen-bond donors (Lipinski definition) is 2. The van der Waals surface area contributed by atoms with Crippen molar-refractivity contribution in [3.63, 3.8) is 0 Å². The summed E-state index contributed by atoms with van der Waals surface area (Å²) in [7, 11) is 3.39. The highest BCUT2D eigenvalue weighted by Crippen LogP contribution is 1.83. The maximum Gasteiger partial charge on any atom is 0.230 e. The molecule has 0 aliphatic heterocycles. The zero-order valence-electron chi connectivity index (χ0n) is 7.68. The Morgan fingerprint density at radius 3 is 2.33 bits per heavy atom. The van der Waals surface area contributed by atoms with Gasteiger partial charge in [0.25, 0.3) is 0 Å². The van der Waals surface area contributed by atoms with E-state index in [0.29, 0.717) is 13.0 Å². The summed E-state index contributed by atoms with van der Waals surface area (Å²) in [5.41, 5.74) is 5.00. The second kappa shape index (κ2) is 5.54. The van der Waals surface area contributed by atoms with E-state index in [0.717, 1.165) is 0 Å². The van der Waals surface area contributed by atoms with Crippen molar-refractivity contribution < 1.29 is 9.59 Å². The molecule has 0 fully saturated rings. The van der Waals surface area contributed by atoms with Gasteiger partial charge in [-0.3, -0.25) is 15.0 Å². The van der Waals surface area contributed by atoms with Gasteiger partial charge in [-0.2, -0.15) is 0 Å². The summed E-state index contributed by atoms with van der Waals surface area (Å²) in [6, 6.07) is 0. The highest BCUT2D eigenvalue weighted by atomic mass is 16.2. The van der Waals surface area contributed by atoms with Crippen LogP contribution >= 0.6 is 0 Å². The third-order valence-electron chi connectivity index (χ3n) is 1.23. The molecule has 0 aliphatic rings. The molecule has 0 aromatic carbocycles. The Kier molecular flexibility index (Phi) is 5.03. The predicted octanol–water partition coefficient (Wildman–Crippen LogP) is -0.895. The first-order chi connectivity index (χ1) is 5.54. The van der Waals surface area contributed by atoms with Crippen LogP contribution in [0, 0.1) is 0 Å². The molecule has 0 saturated heterocycles. The fraction of sp³-hybridized carbons (Fsp3) is 0.714. The van der Waals surface area contributed by atoms with Gasteiger partial charge < -0.3 is 4.90 Å². The topological polar surface area (TPSA) is 61.4 Å². The van der Waals surface area contributed by atoms with Crippen molar-refractivity contribution >= 4 is 11.8 Å². The molecule has 0 spiro atoms. The highest BCUT2D eigenvalue weighted by molar-refractivity contribution is 5.75. The molecule has 0 radical (unpaired) electrons. The molecule has 0 unspecified atom stereocenters. The van der Waals surface area contributed by atoms with Crippen molar-refractivity contribution in [3.05, 3.63) is 0 Å². The molecule has 5 heteroatoms. The first-order valence-corrected chi connectivity index (χ1v) is 3.73. The zero-order chi connectivity index (χ0) is 9.56. The van der Waals surface area contributed by atoms with E-state index in [-0.39, 0.29) is 11.8 Å². The normalized spacial score (nSPS) is 9.25. The van der Waals surface area contributed by atoms with Gasteiger partial charge in [0.05, 0.1) is 0 Å². The number of nitrogens with zero attached hydrogens (tertiary/aromatic N) is 1. The molecule has 12 heavy (non-hydrogen) atoms. The van der Waals surface area contributed by atoms with Crippen LogP contribution in [0.2, 0.25) is 0 Å². The summed E-state index contributed by atoms with van der Waals surface area (Å²) in [6.07, 6.45) is 0.382. The van der Waals surface area contributed by atoms with E-state index in [1.54, 1.807) is 14.1 Å². The van der Waals surface area contributed by atoms with Gasteiger partial charge in [-0.15, -0.1) is 0 Å². The number of carbonyl (C=O) groups excluding carboxylic acids is 2. The standard InChI is InChI=1S/C7H15N3O2/c1-6(11)9-8-5-4-7(12)10(2)3/h8H,4-5H2,1-3H3,(H,9,11). The SMILES string of the molecule is CC(=O)NNCCC(=O)N(C)C. The fourth-order valence-corrected chi connectivity index (χ4v) is 0.580. The smallest absolute Gasteiger partial charge is 0.230 e. The van der Waals surface area contributed by atoms with Gasteiger partial charge >= 0.3 is 0 Å². The van der Waals surface area contributed by atoms with Crippen LogP contribution in [0.25, 0.3) is 0 Å². The lowest BCUT2D eigenvalue weighted by Crippen LogP contribution is -2.38. The van der Waals surface area contributed by atoms with Crippen molar-refractivity contribution in [1.82, 2.24) is 15.8 Å². The Hall–Kier alpha value is -1.10. The maximum absolute atomic E-state index is 11.0. The van der Waals surface area contributed by atoms with E-state index < -0.39 is 0 Å². The number of carbonyl (C=O) groups is 2. The van der Waals surface area contributed by atoms with Crippen LogP contribution in [0.4, 0.5) is 0 Å². The van der Waals surface area contributed by atoms with Crippen molar-refractivity contribution in [2.24, 2.45) is 0 Å². The Morgan fingerprint density at radius 1 is 1.33 bits per heavy atom. The molecule has 0 heterocycles. The molecular formula is C7H15N3O2. The van der Waals surface area contributed by atoms with Gasteiger partial charge in [-0.25, -0.2) is 5.43 Å². The van der Waals surface area contributed by atoms with Crippen molar-refractivity contribution in [2.45, 2.75) is 13.3 Å². The minimum atomic E-state index is -0.160. The molecule has 0 aromatic heterocycles. The lowest BCUT2D eigenvalue weighted by atomic mass is 10.4. The van der Waals surface area contributed by atoms with Gasteiger partial charge in [0.15, 0.2) is 0 Å². The van der Waals surface area contributed by atoms with Crippen LogP contribution in [-0.4, -0.2) is 37.4 Å². The first kappa shape index (κ1) is 10.9. The van der Waals surface area contributed by atoms with Crippen LogP contribution in [0.15, 0.2) is 0 Å². The average molecular weight is 173 g/mol. The highest BCUT2D eigenvalue weighted by Gasteiger charge is 2.01. The molecule has 0 saturated carbocycles. The molecule has 2 amide bonds. The quantitative estimate of drug-likeness (QED) is 0.428. The fourth-order valence-electron chi connectivity index (χ4n) is 0.580. The zero-order valence-corrected chi connectivity index (χ0v) is 7.68. The number of hydrazine groups is 1. The predicted molar refractivity (Wildman–Crippen MR) is 45.1 cm³/mol. The largest absolute Gasteiger partial charge is 0.349 e. The minimum Gasteiger partial charge on any atom is -0.349 e. The summed E-state index contributed by atoms with van der Waals surface area (Å²) >= 11 is 0. The van der Waals surface area contributed by atoms with Crippen LogP contribution in [0.3, 0.4) is 0 Å². The average Bonchev–Trinajstić information content (AvgIpc) is 1.97. The summed E-state index contributed by atoms with van der Waals surface area (Å²) in [5.74, 6) is -0.125. The molecule has 0 aromatic rings. The van der Waals surface area contributed by atoms with E-state index in [4.69, 9.17) is 0 Å². The van der Waals surface area contributed by atoms with Gasteiger partial charge in [0.1, 0.15) is 0 Å². The van der Waals surface area contributed by atoms with Crippen LogP contribution in [0.5, 0.6) is 0 Å². The third-order valence-corrected chi connectivity index (χ3v) is 1.23. The van der Waals surface area contributed by atoms with Crippen molar-refractivity contribution in [1.29, 1.82) is 0 Å². The minimum absolute atomic E-state index is 0.0350. The second-order valence-corrected chi connectivity index (χ2v) is 2.65. The van der Waals surface area contributed by atoms with Crippen molar-refractivity contribution in [3.8, 4) is 0 Å². The Labute approximate surface area is 72.1 Å². The van der Waals surface area contributed by atoms with Gasteiger partial charge in [-0.1, -0.05) is 0 Å². The summed E-state index contributed by atoms with van der Waals surface area (Å²) in [5, 5.41) is 0. The molecule has 0 rings (SSSR count). The second-order valence-electron chi connectivity index (χ2n) is 2.65. The van der Waals surface area contributed by atoms with Gasteiger partial charge in [-0.05, 0) is 0 Å². The maximum atomic E-state index is 11.0. The number of rotatable bonds is 4. The molecule has 0 aliphatic carbocycles. The van der Waals surface area contributed by atoms with E-state index >= 15 is 0 Å². The molecule has 0 bridgehead atoms. The monoisotopic (exact) mass is 173 g/mol. The molecule has 2 N–H and O–H groups in total. The van der Waals surface area contributed by atoms with Gasteiger partial charge in [0, 0.05) is 34.0 Å². The lowest BCUT2D eigenvalue weighted by Gasteiger charge is -2.10. The van der Waals surface area contributed by atoms with E-state index in [9.17, 15) is 9.59 Å². The van der Waals surface area contributed by atoms with Crippen LogP contribution in [0.1, 0.15) is 13.3 Å². The Balaban J connectivity index is 3.32. The van der Waals surface area contributed by atoms with E-state index in [2.05, 4.69) is 10.9 Å². The van der Waals surface area contributed by atoms with E-state index in [1.165, 1.54) is 11.8 Å². The summed E-state index contributed by atoms with van der Waals surface area (Å²) < 4.78 is 0. The number of hydrogen-bond acceptors (Lipinski definition) is 3. The van der Waals surface area contributed by atoms with E-state index in [1.807, 2.05) is 0 Å². The summed E-state index contributed by atoms with van der Waals surface area (Å²) in [6.45, 7) is 1.86. The van der Waals surface area contributed by atoms with Crippen LogP contribution < -0.4 is 10.9 Å². The molecule has 5 nitrogen and oxygen atoms in total. The molecular weight excluding hydrogens is 158 g/mol. The lowest BCUT2D eigenvalue weighted by molar-refractivity contribution is -0.129. The Bertz CT molecular complexity index is 168. The summed E-state index contributed by atoms with van der Waals surface area (Å²) in [4.78, 5) is 22.8. The number of nitrogens with one attached hydrogen (secondary N) is 2. The van der Waals surface area contributed by atoms with Crippen LogP contribution in [-0.2, 0) is 9.59 Å². The third kappa shape index (κ3) is 5.67. The first-order valence-electron chi connectivity index (χ1n) is 3.73. The Morgan fingerprint density at radius 2 is 1.92 bits per heavy atom. The van der Waals surface area contributed by atoms with Gasteiger partial charge in [0.2, 0.25) is 11.8 Å². The molecule has 0 atom stereocenters. The number of amides is 2.